The van der Waals surface area contributed by atoms with Crippen molar-refractivity contribution in [2.75, 3.05) is 5.32 Å². The molecule has 0 unspecified atom stereocenters. The van der Waals surface area contributed by atoms with Crippen molar-refractivity contribution in [1.29, 1.82) is 5.26 Å². The van der Waals surface area contributed by atoms with E-state index in [0.29, 0.717) is 36.4 Å². The SMILES string of the molecule is Cc1cc2nc(C)c(CCC(=O)Nc3cccc(OCc4cccc(C#N)c4)c3)c(C)n2n1. The molecule has 4 aromatic rings. The number of aromatic nitrogens is 3. The summed E-state index contributed by atoms with van der Waals surface area (Å²) in [6.45, 7) is 6.26. The van der Waals surface area contributed by atoms with Crippen molar-refractivity contribution in [3.63, 3.8) is 0 Å². The lowest BCUT2D eigenvalue weighted by molar-refractivity contribution is -0.116. The molecule has 7 heteroatoms. The van der Waals surface area contributed by atoms with Crippen LogP contribution in [-0.2, 0) is 17.8 Å². The first-order valence-corrected chi connectivity index (χ1v) is 10.8. The molecule has 166 valence electrons. The van der Waals surface area contributed by atoms with Crippen molar-refractivity contribution in [1.82, 2.24) is 14.6 Å². The molecule has 1 amide bonds. The molecule has 0 saturated carbocycles. The van der Waals surface area contributed by atoms with Gasteiger partial charge in [0.25, 0.3) is 0 Å². The lowest BCUT2D eigenvalue weighted by atomic mass is 10.1. The van der Waals surface area contributed by atoms with Crippen LogP contribution in [-0.4, -0.2) is 20.5 Å². The number of carbonyl (C=O) groups excluding carboxylic acids is 1. The number of carbonyl (C=O) groups is 1. The van der Waals surface area contributed by atoms with Crippen molar-refractivity contribution < 1.29 is 9.53 Å². The van der Waals surface area contributed by atoms with Gasteiger partial charge in [0.05, 0.1) is 17.3 Å². The Balaban J connectivity index is 1.37. The van der Waals surface area contributed by atoms with Crippen LogP contribution >= 0.6 is 0 Å². The van der Waals surface area contributed by atoms with Gasteiger partial charge in [-0.1, -0.05) is 18.2 Å². The van der Waals surface area contributed by atoms with E-state index in [1.807, 2.05) is 61.7 Å². The summed E-state index contributed by atoms with van der Waals surface area (Å²) in [6, 6.07) is 18.7. The summed E-state index contributed by atoms with van der Waals surface area (Å²) >= 11 is 0. The summed E-state index contributed by atoms with van der Waals surface area (Å²) in [5.41, 5.74) is 6.89. The molecule has 0 fully saturated rings. The number of fused-ring (bicyclic) bond motifs is 1. The van der Waals surface area contributed by atoms with Crippen molar-refractivity contribution in [3.8, 4) is 11.8 Å². The highest BCUT2D eigenvalue weighted by molar-refractivity contribution is 5.91. The van der Waals surface area contributed by atoms with E-state index in [1.54, 1.807) is 18.2 Å². The molecule has 4 rings (SSSR count). The van der Waals surface area contributed by atoms with E-state index < -0.39 is 0 Å². The fraction of sp³-hybridized carbons (Fsp3) is 0.231. The number of nitrogens with one attached hydrogen (secondary N) is 1. The Kier molecular flexibility index (Phi) is 6.36. The van der Waals surface area contributed by atoms with E-state index in [2.05, 4.69) is 21.5 Å². The third-order valence-corrected chi connectivity index (χ3v) is 5.47. The fourth-order valence-corrected chi connectivity index (χ4v) is 3.83. The highest BCUT2D eigenvalue weighted by Crippen LogP contribution is 2.20. The Bertz CT molecular complexity index is 1370. The minimum absolute atomic E-state index is 0.0792. The van der Waals surface area contributed by atoms with Gasteiger partial charge in [0.15, 0.2) is 5.65 Å². The third kappa shape index (κ3) is 5.18. The van der Waals surface area contributed by atoms with E-state index in [1.165, 1.54) is 0 Å². The maximum absolute atomic E-state index is 12.6. The Morgan fingerprint density at radius 1 is 1.12 bits per heavy atom. The molecular weight excluding hydrogens is 414 g/mol. The van der Waals surface area contributed by atoms with Crippen molar-refractivity contribution >= 4 is 17.2 Å². The third-order valence-electron chi connectivity index (χ3n) is 5.47. The monoisotopic (exact) mass is 439 g/mol. The molecule has 1 N–H and O–H groups in total. The van der Waals surface area contributed by atoms with Gasteiger partial charge in [-0.3, -0.25) is 4.79 Å². The van der Waals surface area contributed by atoms with Crippen molar-refractivity contribution in [2.45, 2.75) is 40.2 Å². The van der Waals surface area contributed by atoms with Gasteiger partial charge in [-0.05, 0) is 62.6 Å². The quantitative estimate of drug-likeness (QED) is 0.451. The first kappa shape index (κ1) is 22.0. The smallest absolute Gasteiger partial charge is 0.224 e. The summed E-state index contributed by atoms with van der Waals surface area (Å²) < 4.78 is 7.67. The standard InChI is InChI=1S/C26H25N5O2/c1-17-12-25-28-18(2)24(19(3)31(25)30-17)10-11-26(32)29-22-8-5-9-23(14-22)33-16-21-7-4-6-20(13-21)15-27/h4-9,12-14H,10-11,16H2,1-3H3,(H,29,32). The number of nitrogens with zero attached hydrogens (tertiary/aromatic N) is 4. The Morgan fingerprint density at radius 3 is 2.76 bits per heavy atom. The largest absolute Gasteiger partial charge is 0.489 e. The van der Waals surface area contributed by atoms with Crippen LogP contribution in [0.25, 0.3) is 5.65 Å². The van der Waals surface area contributed by atoms with Gasteiger partial charge in [0.2, 0.25) is 5.91 Å². The zero-order valence-corrected chi connectivity index (χ0v) is 18.9. The Hall–Kier alpha value is -4.18. The second-order valence-electron chi connectivity index (χ2n) is 7.99. The molecule has 0 aliphatic carbocycles. The van der Waals surface area contributed by atoms with E-state index >= 15 is 0 Å². The van der Waals surface area contributed by atoms with Gasteiger partial charge in [-0.2, -0.15) is 10.4 Å². The summed E-state index contributed by atoms with van der Waals surface area (Å²) in [7, 11) is 0. The fourth-order valence-electron chi connectivity index (χ4n) is 3.83. The van der Waals surface area contributed by atoms with Crippen LogP contribution in [0, 0.1) is 32.1 Å². The van der Waals surface area contributed by atoms with Gasteiger partial charge in [0.1, 0.15) is 12.4 Å². The molecular formula is C26H25N5O2. The second-order valence-corrected chi connectivity index (χ2v) is 7.99. The predicted octanol–water partition coefficient (Wildman–Crippen LogP) is 4.68. The van der Waals surface area contributed by atoms with Crippen LogP contribution in [0.2, 0.25) is 0 Å². The van der Waals surface area contributed by atoms with Crippen molar-refractivity contribution in [3.05, 3.63) is 88.4 Å². The van der Waals surface area contributed by atoms with Gasteiger partial charge in [0, 0.05) is 35.6 Å². The highest BCUT2D eigenvalue weighted by Gasteiger charge is 2.13. The minimum Gasteiger partial charge on any atom is -0.489 e. The average molecular weight is 440 g/mol. The van der Waals surface area contributed by atoms with Crippen molar-refractivity contribution in [2.24, 2.45) is 0 Å². The van der Waals surface area contributed by atoms with E-state index in [-0.39, 0.29) is 5.91 Å². The summed E-state index contributed by atoms with van der Waals surface area (Å²) in [4.78, 5) is 17.2. The molecule has 7 nitrogen and oxygen atoms in total. The molecule has 0 bridgehead atoms. The zero-order chi connectivity index (χ0) is 23.4. The van der Waals surface area contributed by atoms with Crippen LogP contribution in [0.4, 0.5) is 5.69 Å². The molecule has 2 aromatic carbocycles. The van der Waals surface area contributed by atoms with Gasteiger partial charge in [-0.15, -0.1) is 0 Å². The lowest BCUT2D eigenvalue weighted by Gasteiger charge is -2.12. The zero-order valence-electron chi connectivity index (χ0n) is 18.9. The van der Waals surface area contributed by atoms with Crippen LogP contribution in [0.5, 0.6) is 5.75 Å². The summed E-state index contributed by atoms with van der Waals surface area (Å²) in [5, 5.41) is 16.5. The van der Waals surface area contributed by atoms with Crippen LogP contribution in [0.1, 0.15) is 40.2 Å². The maximum Gasteiger partial charge on any atom is 0.224 e. The van der Waals surface area contributed by atoms with Crippen LogP contribution in [0.3, 0.4) is 0 Å². The first-order chi connectivity index (χ1) is 15.9. The molecule has 0 saturated heterocycles. The topological polar surface area (TPSA) is 92.3 Å². The number of hydrogen-bond donors (Lipinski definition) is 1. The molecule has 2 heterocycles. The predicted molar refractivity (Wildman–Crippen MR) is 126 cm³/mol. The van der Waals surface area contributed by atoms with E-state index in [4.69, 9.17) is 10.00 Å². The molecule has 0 aliphatic rings. The molecule has 0 spiro atoms. The second kappa shape index (κ2) is 9.53. The molecule has 0 aliphatic heterocycles. The van der Waals surface area contributed by atoms with Crippen LogP contribution in [0.15, 0.2) is 54.6 Å². The number of benzene rings is 2. The molecule has 33 heavy (non-hydrogen) atoms. The van der Waals surface area contributed by atoms with Gasteiger partial charge >= 0.3 is 0 Å². The maximum atomic E-state index is 12.6. The number of hydrogen-bond acceptors (Lipinski definition) is 5. The summed E-state index contributed by atoms with van der Waals surface area (Å²) in [5.74, 6) is 0.565. The number of rotatable bonds is 7. The number of amides is 1. The van der Waals surface area contributed by atoms with Crippen LogP contribution < -0.4 is 10.1 Å². The number of ether oxygens (including phenoxy) is 1. The van der Waals surface area contributed by atoms with Gasteiger partial charge < -0.3 is 10.1 Å². The summed E-state index contributed by atoms with van der Waals surface area (Å²) in [6.07, 6.45) is 0.915. The minimum atomic E-state index is -0.0792. The molecule has 0 radical (unpaired) electrons. The number of anilines is 1. The number of aryl methyl sites for hydroxylation is 3. The lowest BCUT2D eigenvalue weighted by Crippen LogP contribution is -2.14. The highest BCUT2D eigenvalue weighted by atomic mass is 16.5. The van der Waals surface area contributed by atoms with E-state index in [0.717, 1.165) is 33.9 Å². The first-order valence-electron chi connectivity index (χ1n) is 10.8. The average Bonchev–Trinajstić information content (AvgIpc) is 3.18. The van der Waals surface area contributed by atoms with E-state index in [9.17, 15) is 4.79 Å². The Labute approximate surface area is 192 Å². The molecule has 2 aromatic heterocycles. The Morgan fingerprint density at radius 2 is 1.94 bits per heavy atom. The number of nitriles is 1. The van der Waals surface area contributed by atoms with Gasteiger partial charge in [-0.25, -0.2) is 9.50 Å². The molecule has 0 atom stereocenters. The normalized spacial score (nSPS) is 10.7.